The Morgan fingerprint density at radius 1 is 0.417 bits per heavy atom. The highest BCUT2D eigenvalue weighted by molar-refractivity contribution is 6.14. The molecule has 0 aliphatic carbocycles. The molecule has 4 heteroatoms. The first-order valence-corrected chi connectivity index (χ1v) is 16.2. The predicted molar refractivity (Wildman–Crippen MR) is 197 cm³/mol. The molecule has 48 heavy (non-hydrogen) atoms. The fourth-order valence-corrected chi connectivity index (χ4v) is 7.22. The van der Waals surface area contributed by atoms with Crippen molar-refractivity contribution in [3.8, 4) is 39.5 Å². The van der Waals surface area contributed by atoms with Crippen molar-refractivity contribution in [3.05, 3.63) is 164 Å². The number of hydrogen-bond acceptors (Lipinski definition) is 3. The van der Waals surface area contributed by atoms with Gasteiger partial charge in [-0.3, -0.25) is 0 Å². The quantitative estimate of drug-likeness (QED) is 0.198. The van der Waals surface area contributed by atoms with Crippen molar-refractivity contribution in [2.45, 2.75) is 0 Å². The van der Waals surface area contributed by atoms with Crippen molar-refractivity contribution in [1.29, 1.82) is 0 Å². The van der Waals surface area contributed by atoms with E-state index in [1.54, 1.807) is 0 Å². The van der Waals surface area contributed by atoms with Crippen molar-refractivity contribution in [2.75, 3.05) is 0 Å². The Bertz CT molecular complexity index is 2770. The molecule has 0 unspecified atom stereocenters. The molecular weight excluding hydrogens is 587 g/mol. The summed E-state index contributed by atoms with van der Waals surface area (Å²) in [4.78, 5) is 10.7. The van der Waals surface area contributed by atoms with Crippen molar-refractivity contribution < 1.29 is 4.42 Å². The topological polar surface area (TPSA) is 43.9 Å². The van der Waals surface area contributed by atoms with Gasteiger partial charge in [-0.25, -0.2) is 9.97 Å². The molecule has 0 aliphatic rings. The van der Waals surface area contributed by atoms with E-state index >= 15 is 0 Å². The van der Waals surface area contributed by atoms with Gasteiger partial charge in [0.25, 0.3) is 0 Å². The summed E-state index contributed by atoms with van der Waals surface area (Å²) in [7, 11) is 0. The summed E-state index contributed by atoms with van der Waals surface area (Å²) in [5.74, 6) is 0.623. The summed E-state index contributed by atoms with van der Waals surface area (Å²) >= 11 is 0. The van der Waals surface area contributed by atoms with Crippen LogP contribution in [0, 0.1) is 0 Å². The van der Waals surface area contributed by atoms with Gasteiger partial charge in [-0.15, -0.1) is 0 Å². The monoisotopic (exact) mass is 613 g/mol. The van der Waals surface area contributed by atoms with Crippen LogP contribution in [0.2, 0.25) is 0 Å². The van der Waals surface area contributed by atoms with Crippen LogP contribution in [0.4, 0.5) is 0 Å². The molecule has 0 N–H and O–H groups in total. The molecular formula is C44H27N3O. The summed E-state index contributed by atoms with van der Waals surface area (Å²) in [6.07, 6.45) is 0. The fourth-order valence-electron chi connectivity index (χ4n) is 7.22. The number of hydrogen-bond donors (Lipinski definition) is 0. The normalized spacial score (nSPS) is 11.8. The standard InChI is InChI=1S/C44H27N3O/c1-2-12-28(13-3-1)29-22-24-30(25-23-29)42-35-17-4-8-18-36(35)45-44(46-42)41-39(27-26-34-33-16-7-11-21-40(33)48-43(34)41)47-37-19-9-5-14-31(37)32-15-6-10-20-38(32)47/h1-27H. The molecule has 0 saturated carbocycles. The van der Waals surface area contributed by atoms with Crippen LogP contribution in [-0.4, -0.2) is 14.5 Å². The Morgan fingerprint density at radius 2 is 1.00 bits per heavy atom. The molecule has 0 saturated heterocycles. The Hall–Kier alpha value is -6.52. The number of para-hydroxylation sites is 4. The molecule has 3 heterocycles. The SMILES string of the molecule is c1ccc(-c2ccc(-c3nc(-c4c(-n5c6ccccc6c6ccccc65)ccc5c4oc4ccccc45)nc4ccccc34)cc2)cc1. The van der Waals surface area contributed by atoms with E-state index in [4.69, 9.17) is 14.4 Å². The summed E-state index contributed by atoms with van der Waals surface area (Å²) < 4.78 is 9.06. The molecule has 0 atom stereocenters. The molecule has 0 fully saturated rings. The first kappa shape index (κ1) is 26.7. The first-order valence-electron chi connectivity index (χ1n) is 16.2. The van der Waals surface area contributed by atoms with E-state index in [0.29, 0.717) is 5.82 Å². The summed E-state index contributed by atoms with van der Waals surface area (Å²) in [6.45, 7) is 0. The van der Waals surface area contributed by atoms with Gasteiger partial charge >= 0.3 is 0 Å². The molecule has 0 radical (unpaired) electrons. The van der Waals surface area contributed by atoms with Gasteiger partial charge in [-0.05, 0) is 47.5 Å². The Kier molecular flexibility index (Phi) is 5.84. The van der Waals surface area contributed by atoms with E-state index in [9.17, 15) is 0 Å². The van der Waals surface area contributed by atoms with Crippen molar-refractivity contribution >= 4 is 54.6 Å². The van der Waals surface area contributed by atoms with Gasteiger partial charge in [0.05, 0.1) is 33.5 Å². The minimum absolute atomic E-state index is 0.623. The van der Waals surface area contributed by atoms with E-state index in [-0.39, 0.29) is 0 Å². The number of aromatic nitrogens is 3. The molecule has 0 aliphatic heterocycles. The maximum atomic E-state index is 6.73. The number of nitrogens with zero attached hydrogens (tertiary/aromatic N) is 3. The molecule has 3 aromatic heterocycles. The van der Waals surface area contributed by atoms with Crippen LogP contribution in [0.15, 0.2) is 168 Å². The van der Waals surface area contributed by atoms with E-state index < -0.39 is 0 Å². The molecule has 0 bridgehead atoms. The molecule has 0 amide bonds. The Morgan fingerprint density at radius 3 is 1.75 bits per heavy atom. The highest BCUT2D eigenvalue weighted by Gasteiger charge is 2.24. The van der Waals surface area contributed by atoms with Crippen LogP contribution in [0.5, 0.6) is 0 Å². The predicted octanol–water partition coefficient (Wildman–Crippen LogP) is 11.6. The maximum absolute atomic E-state index is 6.73. The van der Waals surface area contributed by atoms with Crippen molar-refractivity contribution in [1.82, 2.24) is 14.5 Å². The van der Waals surface area contributed by atoms with Gasteiger partial charge in [-0.1, -0.05) is 127 Å². The lowest BCUT2D eigenvalue weighted by Crippen LogP contribution is -2.01. The molecule has 7 aromatic carbocycles. The summed E-state index contributed by atoms with van der Waals surface area (Å²) in [6, 6.07) is 57.1. The van der Waals surface area contributed by atoms with Crippen molar-refractivity contribution in [3.63, 3.8) is 0 Å². The van der Waals surface area contributed by atoms with E-state index in [2.05, 4.69) is 144 Å². The lowest BCUT2D eigenvalue weighted by atomic mass is 10.0. The fraction of sp³-hybridized carbons (Fsp3) is 0. The van der Waals surface area contributed by atoms with Gasteiger partial charge in [0, 0.05) is 32.5 Å². The molecule has 4 nitrogen and oxygen atoms in total. The van der Waals surface area contributed by atoms with E-state index in [0.717, 1.165) is 66.4 Å². The average Bonchev–Trinajstić information content (AvgIpc) is 3.70. The number of benzene rings is 7. The van der Waals surface area contributed by atoms with Crippen LogP contribution in [0.1, 0.15) is 0 Å². The van der Waals surface area contributed by atoms with Crippen LogP contribution >= 0.6 is 0 Å². The van der Waals surface area contributed by atoms with Crippen LogP contribution in [0.25, 0.3) is 94.1 Å². The molecule has 0 spiro atoms. The van der Waals surface area contributed by atoms with E-state index in [1.807, 2.05) is 24.3 Å². The number of fused-ring (bicyclic) bond motifs is 7. The lowest BCUT2D eigenvalue weighted by molar-refractivity contribution is 0.669. The third-order valence-corrected chi connectivity index (χ3v) is 9.44. The zero-order chi connectivity index (χ0) is 31.6. The van der Waals surface area contributed by atoms with E-state index in [1.165, 1.54) is 21.9 Å². The largest absolute Gasteiger partial charge is 0.455 e. The third-order valence-electron chi connectivity index (χ3n) is 9.44. The Balaban J connectivity index is 1.29. The maximum Gasteiger partial charge on any atom is 0.166 e. The minimum atomic E-state index is 0.623. The lowest BCUT2D eigenvalue weighted by Gasteiger charge is -2.15. The first-order chi connectivity index (χ1) is 23.8. The number of furan rings is 1. The third kappa shape index (κ3) is 4.03. The van der Waals surface area contributed by atoms with Gasteiger partial charge in [-0.2, -0.15) is 0 Å². The zero-order valence-electron chi connectivity index (χ0n) is 25.8. The van der Waals surface area contributed by atoms with Gasteiger partial charge in [0.2, 0.25) is 0 Å². The summed E-state index contributed by atoms with van der Waals surface area (Å²) in [5, 5.41) is 5.50. The van der Waals surface area contributed by atoms with Crippen molar-refractivity contribution in [2.24, 2.45) is 0 Å². The van der Waals surface area contributed by atoms with Crippen LogP contribution < -0.4 is 0 Å². The van der Waals surface area contributed by atoms with Crippen LogP contribution in [-0.2, 0) is 0 Å². The highest BCUT2D eigenvalue weighted by Crippen LogP contribution is 2.43. The second kappa shape index (κ2) is 10.5. The second-order valence-corrected chi connectivity index (χ2v) is 12.2. The average molecular weight is 614 g/mol. The summed E-state index contributed by atoms with van der Waals surface area (Å²) in [5.41, 5.74) is 10.8. The smallest absolute Gasteiger partial charge is 0.166 e. The molecule has 10 rings (SSSR count). The molecule has 10 aromatic rings. The Labute approximate surface area is 276 Å². The minimum Gasteiger partial charge on any atom is -0.455 e. The zero-order valence-corrected chi connectivity index (χ0v) is 25.8. The van der Waals surface area contributed by atoms with Gasteiger partial charge in [0.1, 0.15) is 11.2 Å². The van der Waals surface area contributed by atoms with Gasteiger partial charge < -0.3 is 8.98 Å². The second-order valence-electron chi connectivity index (χ2n) is 12.2. The molecule has 224 valence electrons. The van der Waals surface area contributed by atoms with Gasteiger partial charge in [0.15, 0.2) is 5.82 Å². The highest BCUT2D eigenvalue weighted by atomic mass is 16.3. The van der Waals surface area contributed by atoms with Crippen LogP contribution in [0.3, 0.4) is 0 Å². The number of rotatable bonds is 4.